The van der Waals surface area contributed by atoms with Crippen LogP contribution in [0.5, 0.6) is 0 Å². The van der Waals surface area contributed by atoms with E-state index in [2.05, 4.69) is 51.8 Å². The van der Waals surface area contributed by atoms with Crippen LogP contribution in [-0.4, -0.2) is 22.3 Å². The molecule has 0 radical (unpaired) electrons. The number of nitrogens with zero attached hydrogens (tertiary/aromatic N) is 1. The number of anilines is 1. The minimum absolute atomic E-state index is 0.451. The van der Waals surface area contributed by atoms with E-state index < -0.39 is 6.10 Å². The van der Waals surface area contributed by atoms with Gasteiger partial charge in [-0.2, -0.15) is 0 Å². The molecule has 3 nitrogen and oxygen atoms in total. The molecule has 0 fully saturated rings. The van der Waals surface area contributed by atoms with Gasteiger partial charge >= 0.3 is 0 Å². The second-order valence-corrected chi connectivity index (χ2v) is 6.80. The van der Waals surface area contributed by atoms with Gasteiger partial charge in [0.2, 0.25) is 0 Å². The van der Waals surface area contributed by atoms with Crippen LogP contribution in [0.4, 0.5) is 5.69 Å². The minimum Gasteiger partial charge on any atom is -0.389 e. The van der Waals surface area contributed by atoms with Crippen LogP contribution in [0.1, 0.15) is 11.3 Å². The Hall–Kier alpha value is -1.78. The lowest BCUT2D eigenvalue weighted by Crippen LogP contribution is -2.25. The molecule has 2 N–H and O–H groups in total. The predicted octanol–water partition coefficient (Wildman–Crippen LogP) is 4.49. The van der Waals surface area contributed by atoms with Crippen molar-refractivity contribution in [1.82, 2.24) is 4.57 Å². The highest BCUT2D eigenvalue weighted by Crippen LogP contribution is 2.28. The molecule has 1 heterocycles. The fourth-order valence-corrected chi connectivity index (χ4v) is 3.29. The van der Waals surface area contributed by atoms with Crippen LogP contribution >= 0.6 is 15.9 Å². The van der Waals surface area contributed by atoms with Crippen LogP contribution in [0.2, 0.25) is 0 Å². The van der Waals surface area contributed by atoms with Crippen molar-refractivity contribution in [3.05, 3.63) is 64.3 Å². The van der Waals surface area contributed by atoms with Crippen molar-refractivity contribution in [2.75, 3.05) is 11.9 Å². The van der Waals surface area contributed by atoms with Gasteiger partial charge in [0.25, 0.3) is 0 Å². The Labute approximate surface area is 145 Å². The molecule has 0 saturated heterocycles. The normalized spacial score (nSPS) is 12.5. The number of rotatable bonds is 5. The first-order chi connectivity index (χ1) is 11.1. The monoisotopic (exact) mass is 372 g/mol. The van der Waals surface area contributed by atoms with Crippen molar-refractivity contribution in [2.24, 2.45) is 0 Å². The summed E-state index contributed by atoms with van der Waals surface area (Å²) in [6.07, 6.45) is -0.451. The number of hydrogen-bond acceptors (Lipinski definition) is 2. The standard InChI is InChI=1S/C19H21BrN2O/c1-13-14(2)22(19-9-8-15(20)10-18(13)19)12-17(23)11-21-16-6-4-3-5-7-16/h3-10,17,21,23H,11-12H2,1-2H3. The van der Waals surface area contributed by atoms with Crippen LogP contribution in [0.25, 0.3) is 10.9 Å². The van der Waals surface area contributed by atoms with Crippen molar-refractivity contribution in [1.29, 1.82) is 0 Å². The number of nitrogens with one attached hydrogen (secondary N) is 1. The minimum atomic E-state index is -0.451. The lowest BCUT2D eigenvalue weighted by atomic mass is 10.2. The molecule has 3 aromatic rings. The topological polar surface area (TPSA) is 37.2 Å². The highest BCUT2D eigenvalue weighted by molar-refractivity contribution is 9.10. The zero-order chi connectivity index (χ0) is 16.4. The van der Waals surface area contributed by atoms with Crippen LogP contribution in [0, 0.1) is 13.8 Å². The highest BCUT2D eigenvalue weighted by Gasteiger charge is 2.14. The smallest absolute Gasteiger partial charge is 0.0891 e. The summed E-state index contributed by atoms with van der Waals surface area (Å²) in [6.45, 7) is 5.35. The molecule has 23 heavy (non-hydrogen) atoms. The van der Waals surface area contributed by atoms with E-state index in [9.17, 15) is 5.11 Å². The number of halogens is 1. The van der Waals surface area contributed by atoms with Crippen molar-refractivity contribution >= 4 is 32.5 Å². The molecule has 0 aliphatic heterocycles. The number of benzene rings is 2. The second kappa shape index (κ2) is 6.77. The third-order valence-corrected chi connectivity index (χ3v) is 4.80. The summed E-state index contributed by atoms with van der Waals surface area (Å²) >= 11 is 3.53. The molecule has 1 unspecified atom stereocenters. The van der Waals surface area contributed by atoms with Gasteiger partial charge in [0.1, 0.15) is 0 Å². The Morgan fingerprint density at radius 1 is 1.13 bits per heavy atom. The molecule has 0 aliphatic rings. The van der Waals surface area contributed by atoms with Gasteiger partial charge < -0.3 is 15.0 Å². The van der Waals surface area contributed by atoms with Crippen LogP contribution in [-0.2, 0) is 6.54 Å². The predicted molar refractivity (Wildman–Crippen MR) is 100 cm³/mol. The summed E-state index contributed by atoms with van der Waals surface area (Å²) in [5, 5.41) is 14.9. The van der Waals surface area contributed by atoms with Crippen LogP contribution in [0.15, 0.2) is 53.0 Å². The quantitative estimate of drug-likeness (QED) is 0.691. The van der Waals surface area contributed by atoms with E-state index in [1.165, 1.54) is 22.2 Å². The van der Waals surface area contributed by atoms with E-state index in [0.29, 0.717) is 13.1 Å². The summed E-state index contributed by atoms with van der Waals surface area (Å²) in [5.41, 5.74) is 4.67. The average molecular weight is 373 g/mol. The Morgan fingerprint density at radius 2 is 1.87 bits per heavy atom. The van der Waals surface area contributed by atoms with Gasteiger partial charge in [-0.25, -0.2) is 0 Å². The lowest BCUT2D eigenvalue weighted by Gasteiger charge is -2.16. The lowest BCUT2D eigenvalue weighted by molar-refractivity contribution is 0.167. The van der Waals surface area contributed by atoms with Crippen LogP contribution < -0.4 is 5.32 Å². The molecule has 0 amide bonds. The van der Waals surface area contributed by atoms with Crippen molar-refractivity contribution in [3.63, 3.8) is 0 Å². The Balaban J connectivity index is 1.77. The molecule has 0 aliphatic carbocycles. The summed E-state index contributed by atoms with van der Waals surface area (Å²) in [4.78, 5) is 0. The Kier molecular flexibility index (Phi) is 4.74. The second-order valence-electron chi connectivity index (χ2n) is 5.88. The van der Waals surface area contributed by atoms with E-state index in [0.717, 1.165) is 10.2 Å². The van der Waals surface area contributed by atoms with Gasteiger partial charge in [-0.15, -0.1) is 0 Å². The Bertz CT molecular complexity index is 811. The van der Waals surface area contributed by atoms with E-state index in [4.69, 9.17) is 0 Å². The molecular weight excluding hydrogens is 352 g/mol. The fourth-order valence-electron chi connectivity index (χ4n) is 2.92. The Morgan fingerprint density at radius 3 is 2.61 bits per heavy atom. The van der Waals surface area contributed by atoms with Gasteiger partial charge in [-0.3, -0.25) is 0 Å². The molecule has 0 bridgehead atoms. The average Bonchev–Trinajstić information content (AvgIpc) is 2.79. The fraction of sp³-hybridized carbons (Fsp3) is 0.263. The van der Waals surface area contributed by atoms with Crippen molar-refractivity contribution < 1.29 is 5.11 Å². The molecule has 1 aromatic heterocycles. The van der Waals surface area contributed by atoms with Crippen LogP contribution in [0.3, 0.4) is 0 Å². The first-order valence-corrected chi connectivity index (χ1v) is 8.57. The molecule has 3 rings (SSSR count). The summed E-state index contributed by atoms with van der Waals surface area (Å²) in [6, 6.07) is 16.3. The number of aliphatic hydroxyl groups excluding tert-OH is 1. The highest BCUT2D eigenvalue weighted by atomic mass is 79.9. The first-order valence-electron chi connectivity index (χ1n) is 7.78. The maximum Gasteiger partial charge on any atom is 0.0891 e. The largest absolute Gasteiger partial charge is 0.389 e. The zero-order valence-electron chi connectivity index (χ0n) is 13.4. The number of para-hydroxylation sites is 1. The zero-order valence-corrected chi connectivity index (χ0v) is 15.0. The van der Waals surface area contributed by atoms with Gasteiger partial charge in [-0.05, 0) is 49.7 Å². The number of aryl methyl sites for hydroxylation is 1. The van der Waals surface area contributed by atoms with Crippen molar-refractivity contribution in [3.8, 4) is 0 Å². The van der Waals surface area contributed by atoms with Gasteiger partial charge in [0.15, 0.2) is 0 Å². The third-order valence-electron chi connectivity index (χ3n) is 4.31. The third kappa shape index (κ3) is 3.43. The summed E-state index contributed by atoms with van der Waals surface area (Å²) < 4.78 is 3.28. The molecular formula is C19H21BrN2O. The molecule has 0 saturated carbocycles. The molecule has 2 aromatic carbocycles. The maximum atomic E-state index is 10.4. The molecule has 1 atom stereocenters. The number of aromatic nitrogens is 1. The molecule has 0 spiro atoms. The number of fused-ring (bicyclic) bond motifs is 1. The SMILES string of the molecule is Cc1c(C)n(CC(O)CNc2ccccc2)c2ccc(Br)cc12. The first kappa shape index (κ1) is 16.1. The summed E-state index contributed by atoms with van der Waals surface area (Å²) in [5.74, 6) is 0. The van der Waals surface area contributed by atoms with E-state index >= 15 is 0 Å². The van der Waals surface area contributed by atoms with E-state index in [1.54, 1.807) is 0 Å². The van der Waals surface area contributed by atoms with E-state index in [-0.39, 0.29) is 0 Å². The van der Waals surface area contributed by atoms with Gasteiger partial charge in [-0.1, -0.05) is 34.1 Å². The van der Waals surface area contributed by atoms with E-state index in [1.807, 2.05) is 36.4 Å². The maximum absolute atomic E-state index is 10.4. The number of aliphatic hydroxyl groups is 1. The van der Waals surface area contributed by atoms with Gasteiger partial charge in [0, 0.05) is 33.3 Å². The molecule has 4 heteroatoms. The van der Waals surface area contributed by atoms with Gasteiger partial charge in [0.05, 0.1) is 12.6 Å². The van der Waals surface area contributed by atoms with Crippen molar-refractivity contribution in [2.45, 2.75) is 26.5 Å². The molecule has 120 valence electrons. The summed E-state index contributed by atoms with van der Waals surface area (Å²) in [7, 11) is 0. The number of hydrogen-bond donors (Lipinski definition) is 2.